The molecule has 0 heterocycles. The van der Waals surface area contributed by atoms with Crippen LogP contribution >= 0.6 is 0 Å². The van der Waals surface area contributed by atoms with Gasteiger partial charge in [-0.2, -0.15) is 0 Å². The van der Waals surface area contributed by atoms with Crippen LogP contribution in [0, 0.1) is 0 Å². The van der Waals surface area contributed by atoms with Crippen LogP contribution < -0.4 is 11.1 Å². The highest BCUT2D eigenvalue weighted by atomic mass is 16.3. The molecule has 0 aliphatic rings. The van der Waals surface area contributed by atoms with Gasteiger partial charge in [-0.3, -0.25) is 5.32 Å². The van der Waals surface area contributed by atoms with Crippen molar-refractivity contribution in [2.75, 3.05) is 7.05 Å². The van der Waals surface area contributed by atoms with E-state index in [0.717, 1.165) is 0 Å². The van der Waals surface area contributed by atoms with E-state index in [9.17, 15) is 0 Å². The first-order valence-electron chi connectivity index (χ1n) is 2.45. The summed E-state index contributed by atoms with van der Waals surface area (Å²) >= 11 is 0. The van der Waals surface area contributed by atoms with E-state index < -0.39 is 12.5 Å². The molecule has 50 valence electrons. The minimum Gasteiger partial charge on any atom is -0.379 e. The molecule has 0 radical (unpaired) electrons. The number of nitrogens with one attached hydrogen (secondary N) is 1. The van der Waals surface area contributed by atoms with Crippen LogP contribution in [0.4, 0.5) is 0 Å². The van der Waals surface area contributed by atoms with Crippen LogP contribution in [0.2, 0.25) is 0 Å². The summed E-state index contributed by atoms with van der Waals surface area (Å²) in [5, 5.41) is 19.6. The van der Waals surface area contributed by atoms with Crippen molar-refractivity contribution in [1.29, 1.82) is 0 Å². The molecule has 0 aromatic rings. The zero-order valence-corrected chi connectivity index (χ0v) is 4.83. The molecule has 0 aromatic heterocycles. The Kier molecular flexibility index (Phi) is 3.72. The normalized spacial score (nSPS) is 18.0. The maximum atomic E-state index is 8.68. The predicted molar refractivity (Wildman–Crippen MR) is 29.9 cm³/mol. The molecule has 4 nitrogen and oxygen atoms in total. The van der Waals surface area contributed by atoms with Crippen molar-refractivity contribution < 1.29 is 10.2 Å². The number of nitrogens with two attached hydrogens (primary N) is 1. The van der Waals surface area contributed by atoms with Gasteiger partial charge in [0.25, 0.3) is 0 Å². The third kappa shape index (κ3) is 4.01. The molecule has 0 aliphatic carbocycles. The van der Waals surface area contributed by atoms with E-state index in [1.54, 1.807) is 7.05 Å². The lowest BCUT2D eigenvalue weighted by Gasteiger charge is -2.09. The van der Waals surface area contributed by atoms with Gasteiger partial charge in [-0.05, 0) is 7.05 Å². The van der Waals surface area contributed by atoms with Gasteiger partial charge >= 0.3 is 0 Å². The second-order valence-electron chi connectivity index (χ2n) is 1.61. The Morgan fingerprint density at radius 3 is 2.25 bits per heavy atom. The van der Waals surface area contributed by atoms with Gasteiger partial charge in [0.05, 0.1) is 0 Å². The second kappa shape index (κ2) is 3.80. The number of hydrogen-bond acceptors (Lipinski definition) is 4. The van der Waals surface area contributed by atoms with Crippen LogP contribution in [0.5, 0.6) is 0 Å². The second-order valence-corrected chi connectivity index (χ2v) is 1.61. The zero-order valence-electron chi connectivity index (χ0n) is 4.83. The van der Waals surface area contributed by atoms with Crippen molar-refractivity contribution in [3.8, 4) is 0 Å². The molecule has 2 unspecified atom stereocenters. The van der Waals surface area contributed by atoms with Crippen LogP contribution in [0.15, 0.2) is 0 Å². The van der Waals surface area contributed by atoms with Gasteiger partial charge in [0, 0.05) is 6.42 Å². The van der Waals surface area contributed by atoms with Gasteiger partial charge in [-0.15, -0.1) is 0 Å². The molecule has 0 bridgehead atoms. The summed E-state index contributed by atoms with van der Waals surface area (Å²) in [6.45, 7) is 0. The molecule has 0 amide bonds. The van der Waals surface area contributed by atoms with Crippen LogP contribution in [-0.2, 0) is 0 Å². The SMILES string of the molecule is CNC(O)CC(N)O. The number of hydrogen-bond donors (Lipinski definition) is 4. The summed E-state index contributed by atoms with van der Waals surface area (Å²) < 4.78 is 0. The standard InChI is InChI=1S/C4H12N2O2/c1-6-4(8)2-3(5)7/h3-4,6-8H,2,5H2,1H3. The third-order valence-electron chi connectivity index (χ3n) is 0.798. The molecule has 5 N–H and O–H groups in total. The van der Waals surface area contributed by atoms with Gasteiger partial charge in [0.2, 0.25) is 0 Å². The first-order chi connectivity index (χ1) is 3.66. The molecule has 0 fully saturated rings. The maximum absolute atomic E-state index is 8.68. The molecule has 8 heavy (non-hydrogen) atoms. The largest absolute Gasteiger partial charge is 0.379 e. The van der Waals surface area contributed by atoms with E-state index in [-0.39, 0.29) is 6.42 Å². The van der Waals surface area contributed by atoms with E-state index in [1.165, 1.54) is 0 Å². The molecule has 4 heteroatoms. The summed E-state index contributed by atoms with van der Waals surface area (Å²) in [7, 11) is 1.59. The Hall–Kier alpha value is -0.160. The Bertz CT molecular complexity index is 58.0. The molecular formula is C4H12N2O2. The molecular weight excluding hydrogens is 108 g/mol. The fourth-order valence-electron chi connectivity index (χ4n) is 0.347. The number of rotatable bonds is 3. The third-order valence-corrected chi connectivity index (χ3v) is 0.798. The zero-order chi connectivity index (χ0) is 6.57. The quantitative estimate of drug-likeness (QED) is 0.331. The van der Waals surface area contributed by atoms with Gasteiger partial charge in [-0.25, -0.2) is 0 Å². The Labute approximate surface area is 48.3 Å². The van der Waals surface area contributed by atoms with Crippen LogP contribution in [-0.4, -0.2) is 29.7 Å². The van der Waals surface area contributed by atoms with Gasteiger partial charge in [0.15, 0.2) is 0 Å². The summed E-state index contributed by atoms with van der Waals surface area (Å²) in [6.07, 6.45) is -1.47. The lowest BCUT2D eigenvalue weighted by atomic mass is 10.3. The first-order valence-corrected chi connectivity index (χ1v) is 2.45. The molecule has 0 aromatic carbocycles. The highest BCUT2D eigenvalue weighted by molar-refractivity contribution is 4.51. The summed E-state index contributed by atoms with van der Waals surface area (Å²) in [6, 6.07) is 0. The fourth-order valence-corrected chi connectivity index (χ4v) is 0.347. The van der Waals surface area contributed by atoms with Crippen molar-refractivity contribution in [3.63, 3.8) is 0 Å². The van der Waals surface area contributed by atoms with E-state index in [0.29, 0.717) is 0 Å². The predicted octanol–water partition coefficient (Wildman–Crippen LogP) is -1.81. The van der Waals surface area contributed by atoms with Crippen LogP contribution in [0.25, 0.3) is 0 Å². The average molecular weight is 120 g/mol. The van der Waals surface area contributed by atoms with E-state index >= 15 is 0 Å². The minimum atomic E-state index is -0.933. The summed E-state index contributed by atoms with van der Waals surface area (Å²) in [5.41, 5.74) is 4.92. The van der Waals surface area contributed by atoms with Crippen LogP contribution in [0.1, 0.15) is 6.42 Å². The molecule has 0 saturated heterocycles. The van der Waals surface area contributed by atoms with Crippen molar-refractivity contribution in [3.05, 3.63) is 0 Å². The highest BCUT2D eigenvalue weighted by Gasteiger charge is 2.02. The van der Waals surface area contributed by atoms with Crippen molar-refractivity contribution in [2.24, 2.45) is 5.73 Å². The van der Waals surface area contributed by atoms with E-state index in [2.05, 4.69) is 5.32 Å². The Balaban J connectivity index is 3.10. The molecule has 0 rings (SSSR count). The van der Waals surface area contributed by atoms with Gasteiger partial charge < -0.3 is 15.9 Å². The van der Waals surface area contributed by atoms with Crippen molar-refractivity contribution in [2.45, 2.75) is 18.9 Å². The average Bonchev–Trinajstić information content (AvgIpc) is 1.65. The molecule has 0 spiro atoms. The van der Waals surface area contributed by atoms with Gasteiger partial charge in [0.1, 0.15) is 12.5 Å². The lowest BCUT2D eigenvalue weighted by molar-refractivity contribution is 0.0687. The Morgan fingerprint density at radius 1 is 1.62 bits per heavy atom. The molecule has 0 aliphatic heterocycles. The molecule has 0 saturated carbocycles. The lowest BCUT2D eigenvalue weighted by Crippen LogP contribution is -2.33. The van der Waals surface area contributed by atoms with Crippen LogP contribution in [0.3, 0.4) is 0 Å². The monoisotopic (exact) mass is 120 g/mol. The highest BCUT2D eigenvalue weighted by Crippen LogP contribution is 1.86. The smallest absolute Gasteiger partial charge is 0.108 e. The summed E-state index contributed by atoms with van der Waals surface area (Å²) in [4.78, 5) is 0. The number of aliphatic hydroxyl groups excluding tert-OH is 2. The van der Waals surface area contributed by atoms with E-state index in [1.807, 2.05) is 0 Å². The molecule has 2 atom stereocenters. The fraction of sp³-hybridized carbons (Fsp3) is 1.00. The van der Waals surface area contributed by atoms with Crippen molar-refractivity contribution in [1.82, 2.24) is 5.32 Å². The minimum absolute atomic E-state index is 0.163. The first kappa shape index (κ1) is 7.84. The topological polar surface area (TPSA) is 78.5 Å². The van der Waals surface area contributed by atoms with Crippen molar-refractivity contribution >= 4 is 0 Å². The summed E-state index contributed by atoms with van der Waals surface area (Å²) in [5.74, 6) is 0. The Morgan fingerprint density at radius 2 is 2.12 bits per heavy atom. The van der Waals surface area contributed by atoms with E-state index in [4.69, 9.17) is 15.9 Å². The van der Waals surface area contributed by atoms with Gasteiger partial charge in [-0.1, -0.05) is 0 Å². The number of aliphatic hydroxyl groups is 2. The maximum Gasteiger partial charge on any atom is 0.108 e.